The van der Waals surface area contributed by atoms with E-state index in [1.54, 1.807) is 6.08 Å². The van der Waals surface area contributed by atoms with Crippen LogP contribution < -0.4 is 10.1 Å². The van der Waals surface area contributed by atoms with Crippen LogP contribution in [-0.4, -0.2) is 11.5 Å². The van der Waals surface area contributed by atoms with Gasteiger partial charge in [-0.05, 0) is 37.5 Å². The van der Waals surface area contributed by atoms with Gasteiger partial charge in [0.1, 0.15) is 11.4 Å². The van der Waals surface area contributed by atoms with Crippen LogP contribution in [0.1, 0.15) is 55.8 Å². The maximum absolute atomic E-state index is 12.5. The Morgan fingerprint density at radius 1 is 1.15 bits per heavy atom. The van der Waals surface area contributed by atoms with E-state index in [9.17, 15) is 4.79 Å². The normalized spacial score (nSPS) is 18.2. The lowest BCUT2D eigenvalue weighted by Crippen LogP contribution is -2.44. The lowest BCUT2D eigenvalue weighted by Gasteiger charge is -2.41. The first-order chi connectivity index (χ1) is 12.5. The molecule has 3 nitrogen and oxygen atoms in total. The quantitative estimate of drug-likeness (QED) is 0.753. The Morgan fingerprint density at radius 2 is 1.85 bits per heavy atom. The highest BCUT2D eigenvalue weighted by atomic mass is 16.5. The fourth-order valence-electron chi connectivity index (χ4n) is 3.50. The second-order valence-corrected chi connectivity index (χ2v) is 7.04. The van der Waals surface area contributed by atoms with Crippen LogP contribution in [0.4, 0.5) is 0 Å². The molecule has 2 aromatic carbocycles. The second-order valence-electron chi connectivity index (χ2n) is 7.04. The summed E-state index contributed by atoms with van der Waals surface area (Å²) in [6.45, 7) is 6.34. The van der Waals surface area contributed by atoms with Crippen molar-refractivity contribution in [3.05, 3.63) is 71.3 Å². The Kier molecular flexibility index (Phi) is 5.46. The number of benzene rings is 2. The van der Waals surface area contributed by atoms with Gasteiger partial charge < -0.3 is 10.1 Å². The van der Waals surface area contributed by atoms with Crippen LogP contribution in [0.5, 0.6) is 5.75 Å². The Hall–Kier alpha value is -2.55. The SMILES string of the molecule is CCC1(CC)CC(NC(=O)/C=C/c2ccc(C)cc2)c2ccccc2O1. The molecule has 0 aromatic heterocycles. The summed E-state index contributed by atoms with van der Waals surface area (Å²) in [6, 6.07) is 16.1. The number of hydrogen-bond acceptors (Lipinski definition) is 2. The molecule has 0 aliphatic carbocycles. The van der Waals surface area contributed by atoms with Crippen LogP contribution >= 0.6 is 0 Å². The maximum Gasteiger partial charge on any atom is 0.244 e. The van der Waals surface area contributed by atoms with Gasteiger partial charge in [0.2, 0.25) is 5.91 Å². The zero-order valence-electron chi connectivity index (χ0n) is 15.8. The molecule has 0 bridgehead atoms. The lowest BCUT2D eigenvalue weighted by molar-refractivity contribution is -0.117. The molecular formula is C23H27NO2. The number of carbonyl (C=O) groups is 1. The fraction of sp³-hybridized carbons (Fsp3) is 0.348. The summed E-state index contributed by atoms with van der Waals surface area (Å²) in [6.07, 6.45) is 6.10. The van der Waals surface area contributed by atoms with E-state index in [0.717, 1.165) is 36.1 Å². The summed E-state index contributed by atoms with van der Waals surface area (Å²) in [5, 5.41) is 3.17. The third-order valence-electron chi connectivity index (χ3n) is 5.31. The standard InChI is InChI=1S/C23H27NO2/c1-4-23(5-2)16-20(19-8-6-7-9-21(19)26-23)24-22(25)15-14-18-12-10-17(3)11-13-18/h6-15,20H,4-5,16H2,1-3H3,(H,24,25)/b15-14+. The van der Waals surface area contributed by atoms with Crippen molar-refractivity contribution in [2.45, 2.75) is 51.7 Å². The number of hydrogen-bond donors (Lipinski definition) is 1. The molecule has 0 saturated carbocycles. The molecule has 26 heavy (non-hydrogen) atoms. The number of para-hydroxylation sites is 1. The van der Waals surface area contributed by atoms with Gasteiger partial charge in [0.05, 0.1) is 6.04 Å². The maximum atomic E-state index is 12.5. The van der Waals surface area contributed by atoms with E-state index in [0.29, 0.717) is 0 Å². The van der Waals surface area contributed by atoms with Gasteiger partial charge in [-0.3, -0.25) is 4.79 Å². The van der Waals surface area contributed by atoms with E-state index in [2.05, 4.69) is 26.1 Å². The van der Waals surface area contributed by atoms with Crippen molar-refractivity contribution >= 4 is 12.0 Å². The van der Waals surface area contributed by atoms with E-state index in [1.165, 1.54) is 5.56 Å². The van der Waals surface area contributed by atoms with Crippen molar-refractivity contribution in [2.75, 3.05) is 0 Å². The third-order valence-corrected chi connectivity index (χ3v) is 5.31. The molecule has 1 unspecified atom stereocenters. The molecule has 0 fully saturated rings. The van der Waals surface area contributed by atoms with Gasteiger partial charge in [-0.2, -0.15) is 0 Å². The van der Waals surface area contributed by atoms with Crippen LogP contribution in [-0.2, 0) is 4.79 Å². The molecule has 0 saturated heterocycles. The highest BCUT2D eigenvalue weighted by Crippen LogP contribution is 2.42. The molecule has 0 spiro atoms. The lowest BCUT2D eigenvalue weighted by atomic mass is 9.83. The molecule has 3 rings (SSSR count). The molecule has 136 valence electrons. The molecular weight excluding hydrogens is 322 g/mol. The largest absolute Gasteiger partial charge is 0.487 e. The Balaban J connectivity index is 1.77. The van der Waals surface area contributed by atoms with Crippen LogP contribution in [0.3, 0.4) is 0 Å². The monoisotopic (exact) mass is 349 g/mol. The van der Waals surface area contributed by atoms with Crippen molar-refractivity contribution in [3.63, 3.8) is 0 Å². The molecule has 1 N–H and O–H groups in total. The van der Waals surface area contributed by atoms with E-state index >= 15 is 0 Å². The van der Waals surface area contributed by atoms with Gasteiger partial charge in [-0.15, -0.1) is 0 Å². The molecule has 1 heterocycles. The molecule has 1 aliphatic heterocycles. The van der Waals surface area contributed by atoms with E-state index in [-0.39, 0.29) is 17.6 Å². The minimum Gasteiger partial charge on any atom is -0.487 e. The average Bonchev–Trinajstić information content (AvgIpc) is 2.67. The average molecular weight is 349 g/mol. The van der Waals surface area contributed by atoms with Gasteiger partial charge in [-0.25, -0.2) is 0 Å². The minimum atomic E-state index is -0.215. The zero-order chi connectivity index (χ0) is 18.6. The number of amides is 1. The summed E-state index contributed by atoms with van der Waals surface area (Å²) < 4.78 is 6.30. The smallest absolute Gasteiger partial charge is 0.244 e. The molecule has 1 atom stereocenters. The topological polar surface area (TPSA) is 38.3 Å². The van der Waals surface area contributed by atoms with E-state index in [1.807, 2.05) is 54.6 Å². The highest BCUT2D eigenvalue weighted by molar-refractivity contribution is 5.92. The summed E-state index contributed by atoms with van der Waals surface area (Å²) in [5.41, 5.74) is 3.07. The van der Waals surface area contributed by atoms with Gasteiger partial charge in [0, 0.05) is 18.1 Å². The predicted octanol–water partition coefficient (Wildman–Crippen LogP) is 5.21. The van der Waals surface area contributed by atoms with E-state index < -0.39 is 0 Å². The number of nitrogens with one attached hydrogen (secondary N) is 1. The second kappa shape index (κ2) is 7.77. The first kappa shape index (κ1) is 18.2. The van der Waals surface area contributed by atoms with Gasteiger partial charge >= 0.3 is 0 Å². The fourth-order valence-corrected chi connectivity index (χ4v) is 3.50. The highest BCUT2D eigenvalue weighted by Gasteiger charge is 2.38. The zero-order valence-corrected chi connectivity index (χ0v) is 15.8. The molecule has 0 radical (unpaired) electrons. The van der Waals surface area contributed by atoms with Crippen LogP contribution in [0.2, 0.25) is 0 Å². The van der Waals surface area contributed by atoms with Crippen molar-refractivity contribution in [3.8, 4) is 5.75 Å². The first-order valence-electron chi connectivity index (χ1n) is 9.38. The molecule has 1 aliphatic rings. The summed E-state index contributed by atoms with van der Waals surface area (Å²) in [7, 11) is 0. The number of rotatable bonds is 5. The first-order valence-corrected chi connectivity index (χ1v) is 9.38. The number of carbonyl (C=O) groups excluding carboxylic acids is 1. The summed E-state index contributed by atoms with van der Waals surface area (Å²) in [5.74, 6) is 0.809. The van der Waals surface area contributed by atoms with Crippen molar-refractivity contribution in [1.82, 2.24) is 5.32 Å². The van der Waals surface area contributed by atoms with Crippen LogP contribution in [0.15, 0.2) is 54.6 Å². The van der Waals surface area contributed by atoms with E-state index in [4.69, 9.17) is 4.74 Å². The summed E-state index contributed by atoms with van der Waals surface area (Å²) >= 11 is 0. The Labute approximate surface area is 156 Å². The molecule has 2 aromatic rings. The van der Waals surface area contributed by atoms with Crippen LogP contribution in [0.25, 0.3) is 6.08 Å². The molecule has 3 heteroatoms. The number of aryl methyl sites for hydroxylation is 1. The van der Waals surface area contributed by atoms with Crippen molar-refractivity contribution in [1.29, 1.82) is 0 Å². The van der Waals surface area contributed by atoms with Crippen molar-refractivity contribution < 1.29 is 9.53 Å². The minimum absolute atomic E-state index is 0.0324. The number of ether oxygens (including phenoxy) is 1. The Bertz CT molecular complexity index is 788. The predicted molar refractivity (Wildman–Crippen MR) is 106 cm³/mol. The Morgan fingerprint density at radius 3 is 2.54 bits per heavy atom. The van der Waals surface area contributed by atoms with Gasteiger partial charge in [0.15, 0.2) is 0 Å². The number of fused-ring (bicyclic) bond motifs is 1. The van der Waals surface area contributed by atoms with Gasteiger partial charge in [0.25, 0.3) is 0 Å². The van der Waals surface area contributed by atoms with Crippen LogP contribution in [0, 0.1) is 6.92 Å². The molecule has 1 amide bonds. The van der Waals surface area contributed by atoms with Crippen molar-refractivity contribution in [2.24, 2.45) is 0 Å². The summed E-state index contributed by atoms with van der Waals surface area (Å²) in [4.78, 5) is 12.5. The van der Waals surface area contributed by atoms with Gasteiger partial charge in [-0.1, -0.05) is 61.9 Å². The third kappa shape index (κ3) is 3.98.